The van der Waals surface area contributed by atoms with Crippen LogP contribution in [-0.2, 0) is 0 Å². The summed E-state index contributed by atoms with van der Waals surface area (Å²) in [5.41, 5.74) is 2.27. The van der Waals surface area contributed by atoms with Gasteiger partial charge < -0.3 is 10.1 Å². The van der Waals surface area contributed by atoms with E-state index in [0.29, 0.717) is 5.52 Å². The fraction of sp³-hybridized carbons (Fsp3) is 0.182. The first-order chi connectivity index (χ1) is 6.58. The Bertz CT molecular complexity index is 555. The van der Waals surface area contributed by atoms with Gasteiger partial charge in [-0.1, -0.05) is 0 Å². The summed E-state index contributed by atoms with van der Waals surface area (Å²) in [6, 6.07) is 5.01. The average Bonchev–Trinajstić information content (AvgIpc) is 2.08. The van der Waals surface area contributed by atoms with Gasteiger partial charge in [0.05, 0.1) is 5.52 Å². The van der Waals surface area contributed by atoms with Crippen molar-refractivity contribution in [3.8, 4) is 5.75 Å². The van der Waals surface area contributed by atoms with Gasteiger partial charge in [0, 0.05) is 17.5 Å². The maximum atomic E-state index is 11.2. The second-order valence-corrected chi connectivity index (χ2v) is 3.50. The molecule has 0 fully saturated rings. The summed E-state index contributed by atoms with van der Waals surface area (Å²) in [5.74, 6) is 0.207. The van der Waals surface area contributed by atoms with Crippen LogP contribution in [0.5, 0.6) is 5.75 Å². The molecular formula is C11H11NO2. The van der Waals surface area contributed by atoms with E-state index < -0.39 is 0 Å². The predicted octanol–water partition coefficient (Wildman–Crippen LogP) is 1.85. The van der Waals surface area contributed by atoms with E-state index in [4.69, 9.17) is 0 Å². The van der Waals surface area contributed by atoms with E-state index in [-0.39, 0.29) is 11.3 Å². The molecule has 0 amide bonds. The fourth-order valence-corrected chi connectivity index (χ4v) is 1.57. The zero-order valence-corrected chi connectivity index (χ0v) is 8.09. The number of benzene rings is 1. The standard InChI is InChI=1S/C11H11NO2/c1-6-4-11(14)12-9-5-10(13)7(2)3-8(6)9/h3-5,13H,1-2H3,(H,12,14). The van der Waals surface area contributed by atoms with Gasteiger partial charge in [-0.15, -0.1) is 0 Å². The van der Waals surface area contributed by atoms with Crippen LogP contribution in [0.3, 0.4) is 0 Å². The molecule has 0 aliphatic rings. The van der Waals surface area contributed by atoms with Crippen molar-refractivity contribution >= 4 is 10.9 Å². The molecule has 2 rings (SSSR count). The minimum Gasteiger partial charge on any atom is -0.508 e. The lowest BCUT2D eigenvalue weighted by Gasteiger charge is -2.04. The number of aromatic hydroxyl groups is 1. The van der Waals surface area contributed by atoms with E-state index in [0.717, 1.165) is 16.5 Å². The molecule has 0 saturated heterocycles. The molecule has 0 radical (unpaired) electrons. The molecular weight excluding hydrogens is 178 g/mol. The van der Waals surface area contributed by atoms with Gasteiger partial charge in [-0.05, 0) is 31.0 Å². The molecule has 0 saturated carbocycles. The molecule has 3 heteroatoms. The molecule has 72 valence electrons. The summed E-state index contributed by atoms with van der Waals surface area (Å²) in [7, 11) is 0. The molecule has 1 aromatic carbocycles. The molecule has 0 aliphatic heterocycles. The molecule has 0 spiro atoms. The number of hydrogen-bond donors (Lipinski definition) is 2. The highest BCUT2D eigenvalue weighted by Gasteiger charge is 2.03. The van der Waals surface area contributed by atoms with Gasteiger partial charge in [-0.2, -0.15) is 0 Å². The number of aromatic amines is 1. The van der Waals surface area contributed by atoms with Crippen LogP contribution in [-0.4, -0.2) is 10.1 Å². The quantitative estimate of drug-likeness (QED) is 0.664. The molecule has 3 nitrogen and oxygen atoms in total. The monoisotopic (exact) mass is 189 g/mol. The summed E-state index contributed by atoms with van der Waals surface area (Å²) in [6.07, 6.45) is 0. The molecule has 0 aliphatic carbocycles. The third-order valence-corrected chi connectivity index (χ3v) is 2.37. The Morgan fingerprint density at radius 1 is 1.14 bits per heavy atom. The van der Waals surface area contributed by atoms with Crippen LogP contribution >= 0.6 is 0 Å². The summed E-state index contributed by atoms with van der Waals surface area (Å²) >= 11 is 0. The van der Waals surface area contributed by atoms with Crippen molar-refractivity contribution < 1.29 is 5.11 Å². The lowest BCUT2D eigenvalue weighted by atomic mass is 10.1. The van der Waals surface area contributed by atoms with Gasteiger partial charge in [0.25, 0.3) is 0 Å². The topological polar surface area (TPSA) is 53.1 Å². The Labute approximate surface area is 81.0 Å². The minimum atomic E-state index is -0.141. The number of aromatic nitrogens is 1. The summed E-state index contributed by atoms with van der Waals surface area (Å²) in [5, 5.41) is 10.4. The fourth-order valence-electron chi connectivity index (χ4n) is 1.57. The van der Waals surface area contributed by atoms with Crippen LogP contribution in [0.2, 0.25) is 0 Å². The minimum absolute atomic E-state index is 0.141. The Morgan fingerprint density at radius 2 is 1.86 bits per heavy atom. The number of aryl methyl sites for hydroxylation is 2. The van der Waals surface area contributed by atoms with Crippen molar-refractivity contribution in [2.24, 2.45) is 0 Å². The number of hydrogen-bond acceptors (Lipinski definition) is 2. The first-order valence-corrected chi connectivity index (χ1v) is 4.41. The molecule has 2 N–H and O–H groups in total. The number of phenolic OH excluding ortho intramolecular Hbond substituents is 1. The third kappa shape index (κ3) is 1.27. The van der Waals surface area contributed by atoms with Crippen molar-refractivity contribution in [2.75, 3.05) is 0 Å². The lowest BCUT2D eigenvalue weighted by molar-refractivity contribution is 0.472. The van der Waals surface area contributed by atoms with Crippen molar-refractivity contribution in [2.45, 2.75) is 13.8 Å². The lowest BCUT2D eigenvalue weighted by Crippen LogP contribution is -2.04. The molecule has 0 unspecified atom stereocenters. The Morgan fingerprint density at radius 3 is 2.57 bits per heavy atom. The number of rotatable bonds is 0. The SMILES string of the molecule is Cc1cc2c(C)cc(=O)[nH]c2cc1O. The highest BCUT2D eigenvalue weighted by Crippen LogP contribution is 2.23. The van der Waals surface area contributed by atoms with Crippen LogP contribution in [0.1, 0.15) is 11.1 Å². The van der Waals surface area contributed by atoms with E-state index in [9.17, 15) is 9.90 Å². The maximum absolute atomic E-state index is 11.2. The molecule has 14 heavy (non-hydrogen) atoms. The summed E-state index contributed by atoms with van der Waals surface area (Å²) in [6.45, 7) is 3.72. The van der Waals surface area contributed by atoms with E-state index in [2.05, 4.69) is 4.98 Å². The van der Waals surface area contributed by atoms with Crippen LogP contribution < -0.4 is 5.56 Å². The first kappa shape index (κ1) is 8.81. The van der Waals surface area contributed by atoms with Gasteiger partial charge >= 0.3 is 0 Å². The van der Waals surface area contributed by atoms with E-state index in [1.807, 2.05) is 19.9 Å². The van der Waals surface area contributed by atoms with E-state index in [1.54, 1.807) is 12.1 Å². The van der Waals surface area contributed by atoms with Crippen LogP contribution in [0, 0.1) is 13.8 Å². The molecule has 0 bridgehead atoms. The Kier molecular flexibility index (Phi) is 1.81. The largest absolute Gasteiger partial charge is 0.508 e. The predicted molar refractivity (Wildman–Crippen MR) is 55.7 cm³/mol. The average molecular weight is 189 g/mol. The zero-order valence-electron chi connectivity index (χ0n) is 8.09. The number of fused-ring (bicyclic) bond motifs is 1. The van der Waals surface area contributed by atoms with E-state index in [1.165, 1.54) is 0 Å². The van der Waals surface area contributed by atoms with E-state index >= 15 is 0 Å². The summed E-state index contributed by atoms with van der Waals surface area (Å²) in [4.78, 5) is 13.8. The maximum Gasteiger partial charge on any atom is 0.248 e. The summed E-state index contributed by atoms with van der Waals surface area (Å²) < 4.78 is 0. The zero-order chi connectivity index (χ0) is 10.3. The third-order valence-electron chi connectivity index (χ3n) is 2.37. The second kappa shape index (κ2) is 2.87. The Balaban J connectivity index is 2.96. The first-order valence-electron chi connectivity index (χ1n) is 4.41. The van der Waals surface area contributed by atoms with Gasteiger partial charge in [0.15, 0.2) is 0 Å². The van der Waals surface area contributed by atoms with Crippen molar-refractivity contribution in [1.82, 2.24) is 4.98 Å². The molecule has 0 atom stereocenters. The van der Waals surface area contributed by atoms with Crippen LogP contribution in [0.4, 0.5) is 0 Å². The number of nitrogens with one attached hydrogen (secondary N) is 1. The van der Waals surface area contributed by atoms with Crippen LogP contribution in [0.25, 0.3) is 10.9 Å². The highest BCUT2D eigenvalue weighted by atomic mass is 16.3. The van der Waals surface area contributed by atoms with Gasteiger partial charge in [-0.3, -0.25) is 4.79 Å². The number of phenols is 1. The van der Waals surface area contributed by atoms with Crippen molar-refractivity contribution in [3.05, 3.63) is 39.7 Å². The van der Waals surface area contributed by atoms with Gasteiger partial charge in [-0.25, -0.2) is 0 Å². The van der Waals surface area contributed by atoms with Crippen LogP contribution in [0.15, 0.2) is 23.0 Å². The molecule has 1 heterocycles. The Hall–Kier alpha value is -1.77. The molecule has 2 aromatic rings. The number of H-pyrrole nitrogens is 1. The number of pyridine rings is 1. The smallest absolute Gasteiger partial charge is 0.248 e. The van der Waals surface area contributed by atoms with Gasteiger partial charge in [0.1, 0.15) is 5.75 Å². The highest BCUT2D eigenvalue weighted by molar-refractivity contribution is 5.84. The molecule has 1 aromatic heterocycles. The second-order valence-electron chi connectivity index (χ2n) is 3.50. The van der Waals surface area contributed by atoms with Crippen molar-refractivity contribution in [3.63, 3.8) is 0 Å². The normalized spacial score (nSPS) is 10.7. The van der Waals surface area contributed by atoms with Gasteiger partial charge in [0.2, 0.25) is 5.56 Å². The van der Waals surface area contributed by atoms with Crippen molar-refractivity contribution in [1.29, 1.82) is 0 Å².